The largest absolute Gasteiger partial charge is 0.369 e. The molecular formula is C38H45BrCl2N10O2. The van der Waals surface area contributed by atoms with Crippen molar-refractivity contribution in [1.29, 1.82) is 0 Å². The number of nitrogens with zero attached hydrogens (tertiary/aromatic N) is 9. The van der Waals surface area contributed by atoms with Gasteiger partial charge >= 0.3 is 11.4 Å². The van der Waals surface area contributed by atoms with Crippen LogP contribution in [0, 0.1) is 0 Å². The molecule has 4 aromatic heterocycles. The van der Waals surface area contributed by atoms with Crippen LogP contribution < -0.4 is 26.5 Å². The Balaban J connectivity index is 0.000000180. The molecule has 6 aromatic rings. The van der Waals surface area contributed by atoms with Gasteiger partial charge in [-0.25, -0.2) is 19.0 Å². The molecule has 1 N–H and O–H groups in total. The molecule has 12 nitrogen and oxygen atoms in total. The maximum Gasteiger partial charge on any atom is 0.350 e. The lowest BCUT2D eigenvalue weighted by atomic mass is 10.2. The standard InChI is InChI=1S/C19H22ClN5O.C10H13ClN2.C9H10BrN3O/c20-16-5-3-6-17(15-16)23-13-11-22(12-14-23)8-4-10-25-19(26)24-9-2-1-7-18(24)21-25;11-9-2-1-3-10(8-9)13-6-4-12-5-7-13;10-5-3-7-13-9(14)12-6-2-1-4-8(12)11-13/h1-3,5-7,9,15H,4,8,10-14H2;1-3,8,12H,4-7H2;1-2,4,6H,3,5,7H2/i4D2,8D2,10D2;;3D2,5D2,7D2. The molecule has 53 heavy (non-hydrogen) atoms. The van der Waals surface area contributed by atoms with Crippen molar-refractivity contribution in [2.45, 2.75) is 25.7 Å². The van der Waals surface area contributed by atoms with E-state index < -0.39 is 48.9 Å². The van der Waals surface area contributed by atoms with Gasteiger partial charge in [0.1, 0.15) is 0 Å². The monoisotopic (exact) mass is 834 g/mol. The van der Waals surface area contributed by atoms with Crippen LogP contribution >= 0.6 is 39.1 Å². The molecule has 8 rings (SSSR count). The smallest absolute Gasteiger partial charge is 0.350 e. The van der Waals surface area contributed by atoms with Gasteiger partial charge in [0.15, 0.2) is 11.3 Å². The van der Waals surface area contributed by atoms with E-state index in [2.05, 4.69) is 42.4 Å². The zero-order valence-electron chi connectivity index (χ0n) is 40.4. The number of alkyl halides is 1. The van der Waals surface area contributed by atoms with Crippen molar-refractivity contribution >= 4 is 61.8 Å². The number of anilines is 2. The summed E-state index contributed by atoms with van der Waals surface area (Å²) < 4.78 is 99.3. The van der Waals surface area contributed by atoms with Crippen LogP contribution in [0.25, 0.3) is 11.3 Å². The van der Waals surface area contributed by atoms with Gasteiger partial charge in [-0.1, -0.05) is 63.4 Å². The average molecular weight is 837 g/mol. The van der Waals surface area contributed by atoms with Crippen LogP contribution in [0.5, 0.6) is 0 Å². The first-order chi connectivity index (χ1) is 30.3. The van der Waals surface area contributed by atoms with E-state index in [0.717, 1.165) is 45.7 Å². The molecule has 2 saturated heterocycles. The Bertz CT molecular complexity index is 2720. The predicted octanol–water partition coefficient (Wildman–Crippen LogP) is 5.39. The van der Waals surface area contributed by atoms with Gasteiger partial charge in [-0.2, -0.15) is 0 Å². The fourth-order valence-electron chi connectivity index (χ4n) is 5.57. The van der Waals surface area contributed by atoms with Crippen molar-refractivity contribution in [3.63, 3.8) is 0 Å². The van der Waals surface area contributed by atoms with E-state index in [0.29, 0.717) is 27.5 Å². The van der Waals surface area contributed by atoms with Crippen LogP contribution in [0.3, 0.4) is 0 Å². The van der Waals surface area contributed by atoms with Crippen molar-refractivity contribution in [1.82, 2.24) is 38.6 Å². The third-order valence-electron chi connectivity index (χ3n) is 8.18. The van der Waals surface area contributed by atoms with Crippen LogP contribution in [-0.2, 0) is 13.0 Å². The van der Waals surface area contributed by atoms with E-state index in [9.17, 15) is 9.59 Å². The lowest BCUT2D eigenvalue weighted by molar-refractivity contribution is 0.248. The van der Waals surface area contributed by atoms with E-state index in [1.165, 1.54) is 35.1 Å². The molecule has 280 valence electrons. The average Bonchev–Trinajstić information content (AvgIpc) is 3.80. The molecule has 2 aliphatic heterocycles. The second-order valence-corrected chi connectivity index (χ2v) is 12.9. The number of rotatable bonds is 9. The first-order valence-electron chi connectivity index (χ1n) is 22.6. The lowest BCUT2D eigenvalue weighted by Crippen LogP contribution is -2.46. The number of aryl methyl sites for hydroxylation is 2. The summed E-state index contributed by atoms with van der Waals surface area (Å²) in [4.78, 5) is 30.4. The molecule has 6 heterocycles. The highest BCUT2D eigenvalue weighted by atomic mass is 79.9. The number of fused-ring (bicyclic) bond motifs is 2. The Morgan fingerprint density at radius 2 is 1.15 bits per heavy atom. The van der Waals surface area contributed by atoms with Crippen LogP contribution in [-0.4, -0.2) is 97.4 Å². The zero-order chi connectivity index (χ0) is 47.8. The molecule has 2 fully saturated rings. The molecule has 0 bridgehead atoms. The fraction of sp³-hybridized carbons (Fsp3) is 0.368. The molecule has 15 heteroatoms. The highest BCUT2D eigenvalue weighted by Gasteiger charge is 2.17. The zero-order valence-corrected chi connectivity index (χ0v) is 31.5. The first-order valence-corrected chi connectivity index (χ1v) is 18.2. The number of piperazine rings is 2. The number of pyridine rings is 2. The molecular weight excluding hydrogens is 779 g/mol. The van der Waals surface area contributed by atoms with Gasteiger partial charge < -0.3 is 15.1 Å². The maximum absolute atomic E-state index is 12.7. The van der Waals surface area contributed by atoms with Gasteiger partial charge in [-0.15, -0.1) is 10.2 Å². The van der Waals surface area contributed by atoms with Crippen molar-refractivity contribution in [2.75, 3.05) is 73.9 Å². The van der Waals surface area contributed by atoms with Crippen molar-refractivity contribution < 1.29 is 16.4 Å². The Kier molecular flexibility index (Phi) is 9.38. The molecule has 0 radical (unpaired) electrons. The maximum atomic E-state index is 12.7. The Labute approximate surface area is 344 Å². The van der Waals surface area contributed by atoms with Crippen LogP contribution in [0.15, 0.2) is 107 Å². The van der Waals surface area contributed by atoms with Crippen molar-refractivity contribution in [3.05, 3.63) is 128 Å². The number of hydrogen-bond acceptors (Lipinski definition) is 8. The molecule has 0 aliphatic carbocycles. The summed E-state index contributed by atoms with van der Waals surface area (Å²) in [6.07, 6.45) is -3.35. The second-order valence-electron chi connectivity index (χ2n) is 11.6. The minimum Gasteiger partial charge on any atom is -0.369 e. The van der Waals surface area contributed by atoms with Crippen LogP contribution in [0.2, 0.25) is 10.0 Å². The SMILES string of the molecule is Clc1cccc(N2CCNCC2)c1.[2H]C([2H])(Br)C([2H])([2H])C([2H])([2H])n1nc2ccccn2c1=O.[2H]C([2H])(N1CCN(c2cccc(Cl)c2)CC1)C([2H])([2H])C([2H])([2H])n1nc2ccccn2c1=O. The molecule has 0 spiro atoms. The highest BCUT2D eigenvalue weighted by molar-refractivity contribution is 9.09. The van der Waals surface area contributed by atoms with Gasteiger partial charge in [-0.3, -0.25) is 13.7 Å². The van der Waals surface area contributed by atoms with Crippen LogP contribution in [0.4, 0.5) is 11.4 Å². The van der Waals surface area contributed by atoms with Gasteiger partial charge in [-0.05, 0) is 73.4 Å². The Morgan fingerprint density at radius 3 is 1.64 bits per heavy atom. The van der Waals surface area contributed by atoms with E-state index in [-0.39, 0.29) is 24.4 Å². The van der Waals surface area contributed by atoms with Crippen molar-refractivity contribution in [3.8, 4) is 0 Å². The minimum absolute atomic E-state index is 0.146. The summed E-state index contributed by atoms with van der Waals surface area (Å²) in [7, 11) is 0. The van der Waals surface area contributed by atoms with Gasteiger partial charge in [0.2, 0.25) is 0 Å². The third kappa shape index (κ3) is 10.5. The van der Waals surface area contributed by atoms with E-state index in [1.54, 1.807) is 36.4 Å². The van der Waals surface area contributed by atoms with E-state index >= 15 is 0 Å². The van der Waals surface area contributed by atoms with Crippen molar-refractivity contribution in [2.24, 2.45) is 0 Å². The summed E-state index contributed by atoms with van der Waals surface area (Å²) in [5, 5.41) is 9.69. The lowest BCUT2D eigenvalue weighted by Gasteiger charge is -2.36. The number of aromatic nitrogens is 6. The molecule has 2 aliphatic rings. The third-order valence-corrected chi connectivity index (χ3v) is 8.85. The fourth-order valence-corrected chi connectivity index (χ4v) is 6.03. The number of halogens is 3. The molecule has 0 amide bonds. The van der Waals surface area contributed by atoms with Gasteiger partial charge in [0.05, 0.1) is 5.48 Å². The van der Waals surface area contributed by atoms with E-state index in [4.69, 9.17) is 39.7 Å². The quantitative estimate of drug-likeness (QED) is 0.194. The molecule has 0 saturated carbocycles. The number of nitrogens with one attached hydrogen (secondary N) is 1. The predicted molar refractivity (Wildman–Crippen MR) is 219 cm³/mol. The minimum atomic E-state index is -3.10. The van der Waals surface area contributed by atoms with Gasteiger partial charge in [0, 0.05) is 122 Å². The molecule has 0 atom stereocenters. The first kappa shape index (κ1) is 25.8. The summed E-state index contributed by atoms with van der Waals surface area (Å²) in [5.74, 6) is 0. The number of hydrogen-bond donors (Lipinski definition) is 1. The van der Waals surface area contributed by atoms with Crippen LogP contribution in [0.1, 0.15) is 29.2 Å². The Morgan fingerprint density at radius 1 is 0.642 bits per heavy atom. The summed E-state index contributed by atoms with van der Waals surface area (Å²) >= 11 is 14.4. The number of benzene rings is 2. The Hall–Kier alpha value is -4.14. The summed E-state index contributed by atoms with van der Waals surface area (Å²) in [6, 6.07) is 24.6. The summed E-state index contributed by atoms with van der Waals surface area (Å²) in [5.41, 5.74) is 0.642. The second kappa shape index (κ2) is 19.3. The normalized spacial score (nSPS) is 19.8. The van der Waals surface area contributed by atoms with Gasteiger partial charge in [0.25, 0.3) is 0 Å². The highest BCUT2D eigenvalue weighted by Crippen LogP contribution is 2.21. The summed E-state index contributed by atoms with van der Waals surface area (Å²) in [6.45, 7) is -3.34. The topological polar surface area (TPSA) is 100 Å². The molecule has 0 unspecified atom stereocenters. The van der Waals surface area contributed by atoms with E-state index in [1.807, 2.05) is 35.2 Å². The molecule has 2 aromatic carbocycles.